The van der Waals surface area contributed by atoms with Gasteiger partial charge in [0.15, 0.2) is 5.65 Å². The zero-order chi connectivity index (χ0) is 17.1. The Kier molecular flexibility index (Phi) is 4.86. The highest BCUT2D eigenvalue weighted by Crippen LogP contribution is 2.22. The Bertz CT molecular complexity index is 840. The number of nitrogens with two attached hydrogens (primary N) is 1. The first-order valence-corrected chi connectivity index (χ1v) is 8.69. The summed E-state index contributed by atoms with van der Waals surface area (Å²) in [6.07, 6.45) is 2.53. The first-order chi connectivity index (χ1) is 11.5. The van der Waals surface area contributed by atoms with Gasteiger partial charge in [0.25, 0.3) is 5.91 Å². The van der Waals surface area contributed by atoms with Crippen LogP contribution in [0.15, 0.2) is 23.7 Å². The summed E-state index contributed by atoms with van der Waals surface area (Å²) in [5, 5.41) is 13.3. The molecule has 1 atom stereocenters. The lowest BCUT2D eigenvalue weighted by Gasteiger charge is -2.10. The van der Waals surface area contributed by atoms with Crippen molar-refractivity contribution >= 4 is 28.3 Å². The molecule has 0 aliphatic heterocycles. The van der Waals surface area contributed by atoms with Gasteiger partial charge in [0.2, 0.25) is 0 Å². The van der Waals surface area contributed by atoms with Crippen LogP contribution in [0.2, 0.25) is 0 Å². The molecule has 0 aliphatic carbocycles. The number of hydrogen-bond acceptors (Lipinski definition) is 6. The molecule has 0 radical (unpaired) electrons. The summed E-state index contributed by atoms with van der Waals surface area (Å²) in [6.45, 7) is 4.57. The van der Waals surface area contributed by atoms with Crippen LogP contribution in [0.3, 0.4) is 0 Å². The molecule has 126 valence electrons. The number of carbonyl (C=O) groups is 1. The summed E-state index contributed by atoms with van der Waals surface area (Å²) in [6, 6.07) is 3.63. The second-order valence-corrected chi connectivity index (χ2v) is 6.96. The smallest absolute Gasteiger partial charge is 0.271 e. The number of fused-ring (bicyclic) bond motifs is 1. The molecule has 4 N–H and O–H groups in total. The van der Waals surface area contributed by atoms with Gasteiger partial charge in [0.05, 0.1) is 18.3 Å². The third kappa shape index (κ3) is 3.60. The summed E-state index contributed by atoms with van der Waals surface area (Å²) < 4.78 is 0. The van der Waals surface area contributed by atoms with E-state index in [4.69, 9.17) is 5.73 Å². The summed E-state index contributed by atoms with van der Waals surface area (Å²) in [7, 11) is 0. The van der Waals surface area contributed by atoms with E-state index in [1.54, 1.807) is 11.6 Å². The number of thiazole rings is 1. The molecule has 0 bridgehead atoms. The number of aromatic nitrogens is 4. The van der Waals surface area contributed by atoms with Gasteiger partial charge in [0, 0.05) is 17.0 Å². The molecular formula is C16H20N6OS. The minimum Gasteiger partial charge on any atom is -0.345 e. The van der Waals surface area contributed by atoms with Gasteiger partial charge in [-0.25, -0.2) is 9.97 Å². The van der Waals surface area contributed by atoms with Gasteiger partial charge in [-0.2, -0.15) is 5.10 Å². The first kappa shape index (κ1) is 16.5. The van der Waals surface area contributed by atoms with E-state index < -0.39 is 0 Å². The maximum atomic E-state index is 12.3. The molecule has 0 fully saturated rings. The van der Waals surface area contributed by atoms with E-state index in [1.165, 1.54) is 11.3 Å². The normalized spacial score (nSPS) is 12.7. The lowest BCUT2D eigenvalue weighted by molar-refractivity contribution is 0.0946. The van der Waals surface area contributed by atoms with E-state index in [-0.39, 0.29) is 11.9 Å². The fourth-order valence-corrected chi connectivity index (χ4v) is 3.28. The summed E-state index contributed by atoms with van der Waals surface area (Å²) >= 11 is 1.43. The Balaban J connectivity index is 1.64. The van der Waals surface area contributed by atoms with Crippen LogP contribution in [-0.4, -0.2) is 26.1 Å². The quantitative estimate of drug-likeness (QED) is 0.636. The number of rotatable bonds is 6. The van der Waals surface area contributed by atoms with Gasteiger partial charge in [-0.15, -0.1) is 11.3 Å². The fraction of sp³-hybridized carbons (Fsp3) is 0.375. The predicted molar refractivity (Wildman–Crippen MR) is 93.6 cm³/mol. The summed E-state index contributed by atoms with van der Waals surface area (Å²) in [5.74, 6) is 0.268. The molecule has 3 rings (SSSR count). The lowest BCUT2D eigenvalue weighted by atomic mass is 10.1. The van der Waals surface area contributed by atoms with E-state index >= 15 is 0 Å². The Morgan fingerprint density at radius 2 is 2.29 bits per heavy atom. The van der Waals surface area contributed by atoms with Gasteiger partial charge in [0.1, 0.15) is 10.7 Å². The van der Waals surface area contributed by atoms with E-state index in [0.29, 0.717) is 23.8 Å². The number of pyridine rings is 1. The molecule has 0 saturated carbocycles. The van der Waals surface area contributed by atoms with Crippen molar-refractivity contribution < 1.29 is 4.79 Å². The monoisotopic (exact) mass is 344 g/mol. The van der Waals surface area contributed by atoms with Crippen LogP contribution in [0.5, 0.6) is 0 Å². The fourth-order valence-electron chi connectivity index (χ4n) is 2.47. The second kappa shape index (κ2) is 7.06. The molecule has 24 heavy (non-hydrogen) atoms. The molecule has 0 aliphatic rings. The van der Waals surface area contributed by atoms with Crippen LogP contribution in [0.4, 0.5) is 0 Å². The summed E-state index contributed by atoms with van der Waals surface area (Å²) in [4.78, 5) is 20.8. The van der Waals surface area contributed by atoms with Crippen molar-refractivity contribution in [2.75, 3.05) is 0 Å². The number of amides is 1. The maximum absolute atomic E-state index is 12.3. The molecule has 0 saturated heterocycles. The van der Waals surface area contributed by atoms with Crippen molar-refractivity contribution in [2.45, 2.75) is 32.9 Å². The van der Waals surface area contributed by atoms with Crippen molar-refractivity contribution in [3.8, 4) is 0 Å². The number of nitrogens with zero attached hydrogens (tertiary/aromatic N) is 3. The molecule has 0 spiro atoms. The Morgan fingerprint density at radius 3 is 3.08 bits per heavy atom. The van der Waals surface area contributed by atoms with Crippen LogP contribution in [0.1, 0.15) is 47.5 Å². The largest absolute Gasteiger partial charge is 0.345 e. The van der Waals surface area contributed by atoms with Gasteiger partial charge in [-0.1, -0.05) is 13.8 Å². The Hall–Kier alpha value is -2.32. The lowest BCUT2D eigenvalue weighted by Crippen LogP contribution is -2.23. The number of aromatic amines is 1. The van der Waals surface area contributed by atoms with Crippen molar-refractivity contribution in [3.05, 3.63) is 40.1 Å². The van der Waals surface area contributed by atoms with Crippen LogP contribution in [-0.2, 0) is 6.54 Å². The Labute approximate surface area is 143 Å². The van der Waals surface area contributed by atoms with Gasteiger partial charge >= 0.3 is 0 Å². The van der Waals surface area contributed by atoms with Crippen LogP contribution in [0.25, 0.3) is 11.0 Å². The standard InChI is InChI=1S/C16H20N6OS/c1-9(2)6-11(17)16-20-13(8-24-16)15(23)19-7-12-10-4-3-5-18-14(10)22-21-12/h3-5,8-9,11H,6-7,17H2,1-2H3,(H,19,23)(H,18,21,22)/t11-/m0/s1. The maximum Gasteiger partial charge on any atom is 0.271 e. The van der Waals surface area contributed by atoms with E-state index in [0.717, 1.165) is 22.5 Å². The van der Waals surface area contributed by atoms with Crippen molar-refractivity contribution in [1.82, 2.24) is 25.5 Å². The molecule has 3 aromatic heterocycles. The second-order valence-electron chi connectivity index (χ2n) is 6.07. The highest BCUT2D eigenvalue weighted by molar-refractivity contribution is 7.09. The zero-order valence-corrected chi connectivity index (χ0v) is 14.4. The highest BCUT2D eigenvalue weighted by atomic mass is 32.1. The first-order valence-electron chi connectivity index (χ1n) is 7.81. The molecule has 1 amide bonds. The molecular weight excluding hydrogens is 324 g/mol. The molecule has 3 heterocycles. The third-order valence-corrected chi connectivity index (χ3v) is 4.61. The number of nitrogens with one attached hydrogen (secondary N) is 2. The van der Waals surface area contributed by atoms with E-state index in [1.807, 2.05) is 12.1 Å². The molecule has 3 aromatic rings. The van der Waals surface area contributed by atoms with Crippen molar-refractivity contribution in [3.63, 3.8) is 0 Å². The summed E-state index contributed by atoms with van der Waals surface area (Å²) in [5.41, 5.74) is 7.97. The topological polar surface area (TPSA) is 110 Å². The van der Waals surface area contributed by atoms with Gasteiger partial charge in [-0.3, -0.25) is 9.89 Å². The van der Waals surface area contributed by atoms with Crippen molar-refractivity contribution in [1.29, 1.82) is 0 Å². The zero-order valence-electron chi connectivity index (χ0n) is 13.6. The highest BCUT2D eigenvalue weighted by Gasteiger charge is 2.16. The number of hydrogen-bond donors (Lipinski definition) is 3. The average Bonchev–Trinajstić information content (AvgIpc) is 3.19. The van der Waals surface area contributed by atoms with Crippen molar-refractivity contribution in [2.24, 2.45) is 11.7 Å². The SMILES string of the molecule is CC(C)C[C@H](N)c1nc(C(=O)NCc2[nH]nc3ncccc23)cs1. The molecule has 7 nitrogen and oxygen atoms in total. The number of carbonyl (C=O) groups excluding carboxylic acids is 1. The Morgan fingerprint density at radius 1 is 1.46 bits per heavy atom. The van der Waals surface area contributed by atoms with Crippen LogP contribution >= 0.6 is 11.3 Å². The van der Waals surface area contributed by atoms with Gasteiger partial charge in [-0.05, 0) is 24.5 Å². The number of H-pyrrole nitrogens is 1. The third-order valence-electron chi connectivity index (χ3n) is 3.63. The average molecular weight is 344 g/mol. The molecule has 0 aromatic carbocycles. The van der Waals surface area contributed by atoms with Crippen LogP contribution in [0, 0.1) is 5.92 Å². The van der Waals surface area contributed by atoms with Gasteiger partial charge < -0.3 is 11.1 Å². The molecule has 0 unspecified atom stereocenters. The minimum atomic E-state index is -0.221. The van der Waals surface area contributed by atoms with E-state index in [2.05, 4.69) is 39.3 Å². The molecule has 8 heteroatoms. The van der Waals surface area contributed by atoms with Crippen LogP contribution < -0.4 is 11.1 Å². The van der Waals surface area contributed by atoms with E-state index in [9.17, 15) is 4.79 Å². The predicted octanol–water partition coefficient (Wildman–Crippen LogP) is 2.39. The minimum absolute atomic E-state index is 0.126.